The molecule has 0 unspecified atom stereocenters. The maximum atomic E-state index is 13.8. The molecule has 1 aromatic carbocycles. The number of nitrogens with one attached hydrogen (secondary N) is 1. The van der Waals surface area contributed by atoms with Crippen molar-refractivity contribution in [3.05, 3.63) is 34.7 Å². The van der Waals surface area contributed by atoms with E-state index in [-0.39, 0.29) is 16.3 Å². The highest BCUT2D eigenvalue weighted by atomic mass is 35.5. The molecule has 0 atom stereocenters. The molecular formula is C16H7ClF12N2OS. The van der Waals surface area contributed by atoms with Crippen molar-refractivity contribution < 1.29 is 57.5 Å². The van der Waals surface area contributed by atoms with E-state index in [0.717, 1.165) is 10.7 Å². The lowest BCUT2D eigenvalue weighted by Crippen LogP contribution is -2.70. The number of carbonyl (C=O) groups is 1. The quantitative estimate of drug-likeness (QED) is 0.374. The van der Waals surface area contributed by atoms with Crippen LogP contribution in [0.5, 0.6) is 0 Å². The van der Waals surface area contributed by atoms with Crippen LogP contribution in [-0.2, 0) is 4.79 Å². The molecule has 2 rings (SSSR count). The summed E-state index contributed by atoms with van der Waals surface area (Å²) in [6.07, 6.45) is -5.63. The number of hydrogen-bond acceptors (Lipinski definition) is 3. The number of anilines is 1. The summed E-state index contributed by atoms with van der Waals surface area (Å²) in [6, 6.07) is 5.44. The zero-order chi connectivity index (χ0) is 25.6. The molecule has 1 N–H and O–H groups in total. The monoisotopic (exact) mass is 538 g/mol. The molecule has 0 spiro atoms. The summed E-state index contributed by atoms with van der Waals surface area (Å²) >= 11 is 5.96. The van der Waals surface area contributed by atoms with Gasteiger partial charge in [-0.2, -0.15) is 43.9 Å². The van der Waals surface area contributed by atoms with Crippen LogP contribution in [0.15, 0.2) is 29.6 Å². The minimum Gasteiger partial charge on any atom is -0.296 e. The number of thiazole rings is 1. The minimum absolute atomic E-state index is 0.0459. The van der Waals surface area contributed by atoms with Crippen molar-refractivity contribution in [1.82, 2.24) is 4.98 Å². The van der Waals surface area contributed by atoms with Crippen LogP contribution in [0.2, 0.25) is 5.02 Å². The normalized spacial score (nSPS) is 14.0. The van der Waals surface area contributed by atoms with Crippen LogP contribution in [0.3, 0.4) is 0 Å². The molecule has 0 fully saturated rings. The number of hydrogen-bond donors (Lipinski definition) is 1. The first-order valence-electron chi connectivity index (χ1n) is 8.01. The smallest absolute Gasteiger partial charge is 0.296 e. The summed E-state index contributed by atoms with van der Waals surface area (Å²) in [7, 11) is 0. The number of nitrogens with zero attached hydrogens (tertiary/aromatic N) is 1. The molecule has 0 radical (unpaired) electrons. The molecule has 1 heterocycles. The summed E-state index contributed by atoms with van der Waals surface area (Å²) < 4.78 is 158. The summed E-state index contributed by atoms with van der Waals surface area (Å²) in [6.45, 7) is 0. The fourth-order valence-electron chi connectivity index (χ4n) is 2.14. The number of benzene rings is 1. The van der Waals surface area contributed by atoms with Crippen LogP contribution < -0.4 is 5.32 Å². The molecule has 184 valence electrons. The average molecular weight is 539 g/mol. The zero-order valence-corrected chi connectivity index (χ0v) is 16.7. The van der Waals surface area contributed by atoms with E-state index in [1.165, 1.54) is 24.3 Å². The van der Waals surface area contributed by atoms with E-state index in [2.05, 4.69) is 4.98 Å². The van der Waals surface area contributed by atoms with E-state index in [4.69, 9.17) is 11.6 Å². The number of alkyl halides is 12. The first-order valence-corrected chi connectivity index (χ1v) is 9.26. The number of amides is 1. The summed E-state index contributed by atoms with van der Waals surface area (Å²) in [5, 5.41) is 1.44. The van der Waals surface area contributed by atoms with Gasteiger partial charge < -0.3 is 0 Å². The third-order valence-electron chi connectivity index (χ3n) is 4.03. The molecule has 1 aromatic heterocycles. The Bertz CT molecular complexity index is 1010. The Hall–Kier alpha value is -2.23. The van der Waals surface area contributed by atoms with Crippen LogP contribution in [0.4, 0.5) is 57.8 Å². The summed E-state index contributed by atoms with van der Waals surface area (Å²) in [5.74, 6) is -40.3. The lowest BCUT2D eigenvalue weighted by molar-refractivity contribution is -0.406. The Labute approximate surface area is 184 Å². The molecule has 0 aliphatic carbocycles. The van der Waals surface area contributed by atoms with Crippen molar-refractivity contribution in [3.8, 4) is 11.3 Å². The molecule has 0 saturated heterocycles. The second-order valence-corrected chi connectivity index (χ2v) is 7.51. The second kappa shape index (κ2) is 8.52. The Morgan fingerprint density at radius 3 is 1.88 bits per heavy atom. The molecule has 1 amide bonds. The molecular weight excluding hydrogens is 532 g/mol. The lowest BCUT2D eigenvalue weighted by Gasteiger charge is -2.38. The van der Waals surface area contributed by atoms with Crippen molar-refractivity contribution in [2.24, 2.45) is 0 Å². The molecule has 0 aliphatic heterocycles. The van der Waals surface area contributed by atoms with E-state index < -0.39 is 47.1 Å². The van der Waals surface area contributed by atoms with E-state index in [1.807, 2.05) is 0 Å². The first kappa shape index (κ1) is 27.0. The maximum absolute atomic E-state index is 13.8. The third kappa shape index (κ3) is 4.34. The van der Waals surface area contributed by atoms with Gasteiger partial charge in [0.15, 0.2) is 5.13 Å². The van der Waals surface area contributed by atoms with Crippen molar-refractivity contribution in [2.45, 2.75) is 36.0 Å². The Kier molecular flexibility index (Phi) is 6.98. The van der Waals surface area contributed by atoms with Crippen LogP contribution in [0.1, 0.15) is 0 Å². The van der Waals surface area contributed by atoms with Gasteiger partial charge in [-0.25, -0.2) is 13.8 Å². The van der Waals surface area contributed by atoms with Crippen molar-refractivity contribution >= 4 is 34.0 Å². The first-order chi connectivity index (χ1) is 14.8. The standard InChI is InChI=1S/C16H7ClF12N2OS/c17-7-3-1-6(2-4-7)8-5-33-11(30-8)31-10(32)13(22,23)15(26,27)16(28,29)14(24,25)12(20,21)9(18)19/h1-5,9H,(H,30,31,32). The summed E-state index contributed by atoms with van der Waals surface area (Å²) in [5.41, 5.74) is 0.226. The van der Waals surface area contributed by atoms with Crippen LogP contribution in [0.25, 0.3) is 11.3 Å². The number of rotatable bonds is 8. The van der Waals surface area contributed by atoms with E-state index in [9.17, 15) is 57.5 Å². The van der Waals surface area contributed by atoms with Gasteiger partial charge in [0.1, 0.15) is 0 Å². The van der Waals surface area contributed by atoms with E-state index in [0.29, 0.717) is 11.3 Å². The number of aromatic nitrogens is 1. The molecule has 0 saturated carbocycles. The Morgan fingerprint density at radius 2 is 1.39 bits per heavy atom. The van der Waals surface area contributed by atoms with Crippen molar-refractivity contribution in [3.63, 3.8) is 0 Å². The van der Waals surface area contributed by atoms with Crippen molar-refractivity contribution in [1.29, 1.82) is 0 Å². The molecule has 0 aliphatic rings. The van der Waals surface area contributed by atoms with Gasteiger partial charge in [-0.1, -0.05) is 23.7 Å². The Balaban J connectivity index is 2.33. The van der Waals surface area contributed by atoms with E-state index >= 15 is 0 Å². The summed E-state index contributed by atoms with van der Waals surface area (Å²) in [4.78, 5) is 15.1. The van der Waals surface area contributed by atoms with Crippen LogP contribution >= 0.6 is 22.9 Å². The van der Waals surface area contributed by atoms with Gasteiger partial charge in [0.2, 0.25) is 0 Å². The predicted molar refractivity (Wildman–Crippen MR) is 91.9 cm³/mol. The van der Waals surface area contributed by atoms with Gasteiger partial charge in [0.25, 0.3) is 0 Å². The van der Waals surface area contributed by atoms with Crippen LogP contribution in [-0.4, -0.2) is 46.9 Å². The van der Waals surface area contributed by atoms with Crippen LogP contribution in [0, 0.1) is 0 Å². The number of carbonyl (C=O) groups excluding carboxylic acids is 1. The molecule has 2 aromatic rings. The van der Waals surface area contributed by atoms with Gasteiger partial charge in [0, 0.05) is 16.0 Å². The lowest BCUT2D eigenvalue weighted by atomic mass is 9.94. The van der Waals surface area contributed by atoms with Gasteiger partial charge in [-0.15, -0.1) is 11.3 Å². The third-order valence-corrected chi connectivity index (χ3v) is 5.04. The highest BCUT2D eigenvalue weighted by molar-refractivity contribution is 7.14. The Morgan fingerprint density at radius 1 is 0.879 bits per heavy atom. The predicted octanol–water partition coefficient (Wildman–Crippen LogP) is 6.84. The molecule has 33 heavy (non-hydrogen) atoms. The number of halogens is 13. The maximum Gasteiger partial charge on any atom is 0.393 e. The molecule has 17 heteroatoms. The SMILES string of the molecule is O=C(Nc1nc(-c2ccc(Cl)cc2)cs1)C(F)(F)C(F)(F)C(F)(F)C(F)(F)C(F)(F)C(F)F. The highest BCUT2D eigenvalue weighted by Gasteiger charge is 2.89. The second-order valence-electron chi connectivity index (χ2n) is 6.22. The largest absolute Gasteiger partial charge is 0.393 e. The molecule has 3 nitrogen and oxygen atoms in total. The molecule has 0 bridgehead atoms. The topological polar surface area (TPSA) is 42.0 Å². The fraction of sp³-hybridized carbons (Fsp3) is 0.375. The van der Waals surface area contributed by atoms with Crippen molar-refractivity contribution in [2.75, 3.05) is 5.32 Å². The van der Waals surface area contributed by atoms with Gasteiger partial charge in [-0.05, 0) is 12.1 Å². The highest BCUT2D eigenvalue weighted by Crippen LogP contribution is 2.58. The zero-order valence-electron chi connectivity index (χ0n) is 15.1. The average Bonchev–Trinajstić information content (AvgIpc) is 3.16. The van der Waals surface area contributed by atoms with Gasteiger partial charge >= 0.3 is 41.9 Å². The minimum atomic E-state index is -7.79. The van der Waals surface area contributed by atoms with E-state index in [1.54, 1.807) is 0 Å². The van der Waals surface area contributed by atoms with Gasteiger partial charge in [-0.3, -0.25) is 10.1 Å². The fourth-order valence-corrected chi connectivity index (χ4v) is 2.98. The van der Waals surface area contributed by atoms with Gasteiger partial charge in [0.05, 0.1) is 5.69 Å².